The first-order valence-electron chi connectivity index (χ1n) is 14.7. The van der Waals surface area contributed by atoms with E-state index in [1.165, 1.54) is 0 Å². The van der Waals surface area contributed by atoms with Crippen molar-refractivity contribution in [1.82, 2.24) is 19.2 Å². The Labute approximate surface area is 261 Å². The quantitative estimate of drug-likeness (QED) is 0.117. The van der Waals surface area contributed by atoms with E-state index in [2.05, 4.69) is 43.8 Å². The predicted molar refractivity (Wildman–Crippen MR) is 174 cm³/mol. The Morgan fingerprint density at radius 3 is 2.58 bits per heavy atom. The Morgan fingerprint density at radius 1 is 1.07 bits per heavy atom. The maximum absolute atomic E-state index is 14.1. The first kappa shape index (κ1) is 31.8. The van der Waals surface area contributed by atoms with Crippen molar-refractivity contribution >= 4 is 28.6 Å². The van der Waals surface area contributed by atoms with Gasteiger partial charge in [-0.05, 0) is 73.5 Å². The molecule has 1 aliphatic heterocycles. The molecule has 0 unspecified atom stereocenters. The van der Waals surface area contributed by atoms with Crippen molar-refractivity contribution in [2.24, 2.45) is 5.73 Å². The number of aryl methyl sites for hydroxylation is 1. The van der Waals surface area contributed by atoms with Gasteiger partial charge in [-0.15, -0.1) is 0 Å². The van der Waals surface area contributed by atoms with Gasteiger partial charge in [0.2, 0.25) is 0 Å². The molecule has 0 atom stereocenters. The van der Waals surface area contributed by atoms with Crippen LogP contribution in [0, 0.1) is 24.2 Å². The molecule has 11 heteroatoms. The van der Waals surface area contributed by atoms with Crippen LogP contribution in [0.2, 0.25) is 0 Å². The van der Waals surface area contributed by atoms with E-state index in [4.69, 9.17) is 11.1 Å². The van der Waals surface area contributed by atoms with Crippen molar-refractivity contribution < 1.29 is 13.2 Å². The van der Waals surface area contributed by atoms with E-state index < -0.39 is 11.7 Å². The zero-order valence-electron chi connectivity index (χ0n) is 25.4. The average Bonchev–Trinajstić information content (AvgIpc) is 3.42. The number of nitrogens with zero attached hydrogens (tertiary/aromatic N) is 4. The van der Waals surface area contributed by atoms with Crippen molar-refractivity contribution in [1.29, 1.82) is 5.41 Å². The number of nitrogens with one attached hydrogen (secondary N) is 3. The van der Waals surface area contributed by atoms with Crippen LogP contribution in [-0.4, -0.2) is 64.8 Å². The molecule has 1 saturated heterocycles. The van der Waals surface area contributed by atoms with Gasteiger partial charge in [-0.25, -0.2) is 4.98 Å². The minimum Gasteiger partial charge on any atom is -0.356 e. The summed E-state index contributed by atoms with van der Waals surface area (Å²) in [6.45, 7) is 9.82. The highest BCUT2D eigenvalue weighted by Crippen LogP contribution is 2.35. The number of benzene rings is 2. The van der Waals surface area contributed by atoms with Crippen molar-refractivity contribution in [3.8, 4) is 11.8 Å². The summed E-state index contributed by atoms with van der Waals surface area (Å²) < 4.78 is 44.1. The highest BCUT2D eigenvalue weighted by atomic mass is 19.4. The Kier molecular flexibility index (Phi) is 9.58. The minimum atomic E-state index is -4.48. The van der Waals surface area contributed by atoms with E-state index in [0.29, 0.717) is 52.8 Å². The van der Waals surface area contributed by atoms with Crippen LogP contribution in [0.15, 0.2) is 67.5 Å². The standard InChI is InChI=1S/C34H37F3N8/c1-23-6-7-26(19-25(23)9-11-29-21-40-33-31(5-4-14-45(29)33)42-32(39)12-13-38)24(2)41-28-10-8-27(30(20-28)34(35,36)37)22-44-17-15-43(3)16-18-44/h4-8,10,14,19-21,41H,2,12-13,15-18,22,38H2,1,3H3,(H2,39,42). The van der Waals surface area contributed by atoms with Gasteiger partial charge in [0.05, 0.1) is 23.3 Å². The second-order valence-corrected chi connectivity index (χ2v) is 11.2. The third-order valence-corrected chi connectivity index (χ3v) is 7.83. The number of hydrogen-bond donors (Lipinski definition) is 4. The fourth-order valence-electron chi connectivity index (χ4n) is 5.20. The van der Waals surface area contributed by atoms with Crippen molar-refractivity contribution in [2.75, 3.05) is 50.4 Å². The van der Waals surface area contributed by atoms with E-state index in [1.54, 1.807) is 18.3 Å². The van der Waals surface area contributed by atoms with Crippen LogP contribution in [0.5, 0.6) is 0 Å². The lowest BCUT2D eigenvalue weighted by molar-refractivity contribution is -0.138. The van der Waals surface area contributed by atoms with Crippen LogP contribution in [-0.2, 0) is 12.7 Å². The number of alkyl halides is 3. The van der Waals surface area contributed by atoms with Gasteiger partial charge in [-0.3, -0.25) is 14.7 Å². The summed E-state index contributed by atoms with van der Waals surface area (Å²) in [7, 11) is 2.02. The number of amidine groups is 1. The molecule has 1 fully saturated rings. The largest absolute Gasteiger partial charge is 0.416 e. The number of nitrogens with two attached hydrogens (primary N) is 1. The fraction of sp³-hybridized carbons (Fsp3) is 0.294. The highest BCUT2D eigenvalue weighted by Gasteiger charge is 2.34. The second-order valence-electron chi connectivity index (χ2n) is 11.2. The van der Waals surface area contributed by atoms with Gasteiger partial charge in [0, 0.05) is 62.3 Å². The summed E-state index contributed by atoms with van der Waals surface area (Å²) in [5, 5.41) is 14.1. The number of imidazole rings is 1. The zero-order valence-corrected chi connectivity index (χ0v) is 25.4. The zero-order chi connectivity index (χ0) is 32.1. The van der Waals surface area contributed by atoms with Crippen molar-refractivity contribution in [3.63, 3.8) is 0 Å². The summed E-state index contributed by atoms with van der Waals surface area (Å²) in [5.41, 5.74) is 10.4. The molecule has 0 bridgehead atoms. The van der Waals surface area contributed by atoms with Gasteiger partial charge in [0.1, 0.15) is 5.69 Å². The number of rotatable bonds is 8. The molecule has 5 N–H and O–H groups in total. The van der Waals surface area contributed by atoms with E-state index in [0.717, 1.165) is 43.4 Å². The van der Waals surface area contributed by atoms with Gasteiger partial charge in [-0.2, -0.15) is 13.2 Å². The van der Waals surface area contributed by atoms with E-state index in [-0.39, 0.29) is 12.1 Å². The fourth-order valence-corrected chi connectivity index (χ4v) is 5.20. The lowest BCUT2D eigenvalue weighted by Gasteiger charge is -2.33. The molecule has 0 saturated carbocycles. The molecule has 3 heterocycles. The molecule has 234 valence electrons. The van der Waals surface area contributed by atoms with E-state index >= 15 is 0 Å². The van der Waals surface area contributed by atoms with Crippen molar-refractivity contribution in [3.05, 3.63) is 101 Å². The third-order valence-electron chi connectivity index (χ3n) is 7.83. The molecule has 2 aromatic heterocycles. The van der Waals surface area contributed by atoms with Crippen LogP contribution in [0.3, 0.4) is 0 Å². The van der Waals surface area contributed by atoms with Crippen LogP contribution in [0.1, 0.15) is 39.9 Å². The molecule has 4 aromatic rings. The van der Waals surface area contributed by atoms with Gasteiger partial charge < -0.3 is 21.3 Å². The molecule has 0 radical (unpaired) electrons. The SMILES string of the molecule is C=C(Nc1ccc(CN2CCN(C)CC2)c(C(F)(F)F)c1)c1ccc(C)c(C#Cc2cnc3c(NC(=N)CCN)cccn23)c1. The lowest BCUT2D eigenvalue weighted by atomic mass is 10.0. The maximum atomic E-state index is 14.1. The van der Waals surface area contributed by atoms with Gasteiger partial charge in [0.25, 0.3) is 0 Å². The summed E-state index contributed by atoms with van der Waals surface area (Å²) in [6.07, 6.45) is -0.527. The summed E-state index contributed by atoms with van der Waals surface area (Å²) in [5.74, 6) is 6.69. The van der Waals surface area contributed by atoms with Gasteiger partial charge >= 0.3 is 6.18 Å². The van der Waals surface area contributed by atoms with Gasteiger partial charge in [0.15, 0.2) is 5.65 Å². The number of likely N-dealkylation sites (N-methyl/N-ethyl adjacent to an activating group) is 1. The molecular formula is C34H37F3N8. The summed E-state index contributed by atoms with van der Waals surface area (Å²) in [6, 6.07) is 13.7. The van der Waals surface area contributed by atoms with Gasteiger partial charge in [-0.1, -0.05) is 30.7 Å². The minimum absolute atomic E-state index is 0.256. The van der Waals surface area contributed by atoms with E-state index in [9.17, 15) is 13.2 Å². The number of aromatic nitrogens is 2. The number of fused-ring (bicyclic) bond motifs is 1. The number of anilines is 2. The highest BCUT2D eigenvalue weighted by molar-refractivity contribution is 5.96. The molecule has 2 aromatic carbocycles. The molecular weight excluding hydrogens is 577 g/mol. The van der Waals surface area contributed by atoms with Crippen molar-refractivity contribution in [2.45, 2.75) is 26.1 Å². The molecule has 1 aliphatic rings. The predicted octanol–water partition coefficient (Wildman–Crippen LogP) is 5.63. The first-order valence-corrected chi connectivity index (χ1v) is 14.7. The molecule has 45 heavy (non-hydrogen) atoms. The molecule has 5 rings (SSSR count). The lowest BCUT2D eigenvalue weighted by Crippen LogP contribution is -2.44. The van der Waals surface area contributed by atoms with Crippen LogP contribution >= 0.6 is 0 Å². The molecule has 0 spiro atoms. The molecule has 0 aliphatic carbocycles. The molecule has 8 nitrogen and oxygen atoms in total. The Morgan fingerprint density at radius 2 is 1.84 bits per heavy atom. The number of hydrogen-bond acceptors (Lipinski definition) is 6. The summed E-state index contributed by atoms with van der Waals surface area (Å²) >= 11 is 0. The molecule has 0 amide bonds. The number of halogens is 3. The smallest absolute Gasteiger partial charge is 0.356 e. The average molecular weight is 615 g/mol. The Balaban J connectivity index is 1.34. The third kappa shape index (κ3) is 7.72. The van der Waals surface area contributed by atoms with Crippen LogP contribution in [0.25, 0.3) is 11.3 Å². The monoisotopic (exact) mass is 614 g/mol. The normalized spacial score (nSPS) is 14.2. The second kappa shape index (κ2) is 13.6. The first-order chi connectivity index (χ1) is 21.5. The van der Waals surface area contributed by atoms with Crippen LogP contribution < -0.4 is 16.4 Å². The topological polar surface area (TPSA) is 97.7 Å². The summed E-state index contributed by atoms with van der Waals surface area (Å²) in [4.78, 5) is 8.72. The van der Waals surface area contributed by atoms with E-state index in [1.807, 2.05) is 54.9 Å². The Hall–Kier alpha value is -4.63. The Bertz CT molecular complexity index is 1770. The maximum Gasteiger partial charge on any atom is 0.416 e. The number of piperazine rings is 1. The van der Waals surface area contributed by atoms with Crippen LogP contribution in [0.4, 0.5) is 24.5 Å². The number of pyridine rings is 1.